The zero-order chi connectivity index (χ0) is 10.5. The van der Waals surface area contributed by atoms with Crippen LogP contribution in [0.5, 0.6) is 0 Å². The molecule has 0 aliphatic carbocycles. The third-order valence-electron chi connectivity index (χ3n) is 0.997. The quantitative estimate of drug-likeness (QED) is 0.250. The Bertz CT molecular complexity index is 77.8. The van der Waals surface area contributed by atoms with Crippen molar-refractivity contribution in [1.29, 1.82) is 0 Å². The minimum atomic E-state index is 0.0278. The van der Waals surface area contributed by atoms with Crippen molar-refractivity contribution in [3.63, 3.8) is 0 Å². The number of nitrogens with one attached hydrogen (secondary N) is 1. The fourth-order valence-corrected chi connectivity index (χ4v) is 0.467. The Kier molecular flexibility index (Phi) is 16.8. The van der Waals surface area contributed by atoms with Crippen LogP contribution in [0.4, 0.5) is 0 Å². The van der Waals surface area contributed by atoms with Gasteiger partial charge in [-0.25, -0.2) is 0 Å². The molecule has 0 bridgehead atoms. The molecule has 5 N–H and O–H groups in total. The van der Waals surface area contributed by atoms with Gasteiger partial charge in [-0.05, 0) is 5.92 Å². The summed E-state index contributed by atoms with van der Waals surface area (Å²) in [6.45, 7) is 5.82. The first-order valence-electron chi connectivity index (χ1n) is 4.41. The van der Waals surface area contributed by atoms with Crippen LogP contribution in [0.1, 0.15) is 13.8 Å². The van der Waals surface area contributed by atoms with Gasteiger partial charge in [-0.15, -0.1) is 0 Å². The van der Waals surface area contributed by atoms with Crippen molar-refractivity contribution in [1.82, 2.24) is 5.43 Å². The number of aliphatic hydroxyl groups excluding tert-OH is 2. The summed E-state index contributed by atoms with van der Waals surface area (Å²) in [6, 6.07) is 0. The molecule has 0 unspecified atom stereocenters. The molecule has 0 spiro atoms. The van der Waals surface area contributed by atoms with Gasteiger partial charge in [0, 0.05) is 6.54 Å². The first-order valence-corrected chi connectivity index (χ1v) is 4.41. The van der Waals surface area contributed by atoms with E-state index in [9.17, 15) is 0 Å². The molecule has 5 nitrogen and oxygen atoms in total. The van der Waals surface area contributed by atoms with E-state index in [-0.39, 0.29) is 13.2 Å². The van der Waals surface area contributed by atoms with Gasteiger partial charge in [-0.3, -0.25) is 11.3 Å². The van der Waals surface area contributed by atoms with Crippen LogP contribution in [0.3, 0.4) is 0 Å². The lowest BCUT2D eigenvalue weighted by atomic mass is 10.2. The van der Waals surface area contributed by atoms with E-state index in [1.54, 1.807) is 0 Å². The topological polar surface area (TPSA) is 87.7 Å². The molecule has 0 aromatic heterocycles. The largest absolute Gasteiger partial charge is 0.394 e. The fourth-order valence-electron chi connectivity index (χ4n) is 0.467. The monoisotopic (exact) mass is 194 g/mol. The second-order valence-electron chi connectivity index (χ2n) is 2.86. The van der Waals surface area contributed by atoms with Crippen molar-refractivity contribution in [2.45, 2.75) is 13.8 Å². The van der Waals surface area contributed by atoms with E-state index >= 15 is 0 Å². The summed E-state index contributed by atoms with van der Waals surface area (Å²) in [5, 5.41) is 16.2. The average Bonchev–Trinajstić information content (AvgIpc) is 2.06. The van der Waals surface area contributed by atoms with Gasteiger partial charge < -0.3 is 14.9 Å². The average molecular weight is 194 g/mol. The van der Waals surface area contributed by atoms with Crippen molar-refractivity contribution >= 4 is 0 Å². The van der Waals surface area contributed by atoms with Crippen LogP contribution in [0.2, 0.25) is 0 Å². The number of hydrazine groups is 1. The third kappa shape index (κ3) is 24.5. The highest BCUT2D eigenvalue weighted by atomic mass is 16.5. The van der Waals surface area contributed by atoms with Gasteiger partial charge in [0.15, 0.2) is 0 Å². The smallest absolute Gasteiger partial charge is 0.0698 e. The lowest BCUT2D eigenvalue weighted by Gasteiger charge is -1.98. The summed E-state index contributed by atoms with van der Waals surface area (Å²) in [6.07, 6.45) is 0. The van der Waals surface area contributed by atoms with Gasteiger partial charge in [0.05, 0.1) is 26.4 Å². The number of aliphatic hydroxyl groups is 2. The van der Waals surface area contributed by atoms with E-state index < -0.39 is 0 Å². The Morgan fingerprint density at radius 2 is 1.69 bits per heavy atom. The van der Waals surface area contributed by atoms with Crippen LogP contribution in [0, 0.1) is 5.92 Å². The zero-order valence-electron chi connectivity index (χ0n) is 8.49. The van der Waals surface area contributed by atoms with Crippen molar-refractivity contribution in [2.75, 3.05) is 33.0 Å². The summed E-state index contributed by atoms with van der Waals surface area (Å²) in [5.74, 6) is 5.64. The molecule has 0 heterocycles. The van der Waals surface area contributed by atoms with Crippen LogP contribution in [0.25, 0.3) is 0 Å². The maximum Gasteiger partial charge on any atom is 0.0698 e. The van der Waals surface area contributed by atoms with Crippen LogP contribution in [0.15, 0.2) is 0 Å². The molecule has 0 saturated heterocycles. The molecule has 0 amide bonds. The van der Waals surface area contributed by atoms with E-state index in [1.165, 1.54) is 0 Å². The van der Waals surface area contributed by atoms with Gasteiger partial charge >= 0.3 is 0 Å². The molecule has 0 aliphatic heterocycles. The van der Waals surface area contributed by atoms with Gasteiger partial charge in [0.25, 0.3) is 0 Å². The molecule has 0 fully saturated rings. The minimum absolute atomic E-state index is 0.0278. The highest BCUT2D eigenvalue weighted by Gasteiger charge is 1.84. The number of hydrogen-bond donors (Lipinski definition) is 4. The van der Waals surface area contributed by atoms with Crippen molar-refractivity contribution in [2.24, 2.45) is 11.8 Å². The highest BCUT2D eigenvalue weighted by Crippen LogP contribution is 1.83. The Morgan fingerprint density at radius 1 is 1.23 bits per heavy atom. The summed E-state index contributed by atoms with van der Waals surface area (Å²) >= 11 is 0. The molecule has 5 heteroatoms. The molecule has 0 aromatic carbocycles. The molecule has 82 valence electrons. The van der Waals surface area contributed by atoms with Gasteiger partial charge in [0.2, 0.25) is 0 Å². The third-order valence-corrected chi connectivity index (χ3v) is 0.997. The maximum absolute atomic E-state index is 8.09. The second kappa shape index (κ2) is 14.3. The van der Waals surface area contributed by atoms with Gasteiger partial charge in [-0.1, -0.05) is 13.8 Å². The molecule has 0 rings (SSSR count). The van der Waals surface area contributed by atoms with E-state index in [1.807, 2.05) is 0 Å². The Labute approximate surface area is 79.9 Å². The Hall–Kier alpha value is -0.200. The molecule has 0 atom stereocenters. The van der Waals surface area contributed by atoms with Crippen LogP contribution in [-0.4, -0.2) is 43.2 Å². The Morgan fingerprint density at radius 3 is 1.85 bits per heavy atom. The predicted octanol–water partition coefficient (Wildman–Crippen LogP) is -0.907. The van der Waals surface area contributed by atoms with Crippen LogP contribution >= 0.6 is 0 Å². The molecule has 0 aromatic rings. The van der Waals surface area contributed by atoms with E-state index in [0.717, 1.165) is 6.54 Å². The maximum atomic E-state index is 8.09. The molecule has 0 saturated carbocycles. The number of hydrogen-bond acceptors (Lipinski definition) is 5. The summed E-state index contributed by atoms with van der Waals surface area (Å²) < 4.78 is 4.63. The molecule has 0 aliphatic rings. The minimum Gasteiger partial charge on any atom is -0.394 e. The normalized spacial score (nSPS) is 9.69. The SMILES string of the molecule is CC(C)CNN.OCCOCCO. The Balaban J connectivity index is 0. The van der Waals surface area contributed by atoms with Gasteiger partial charge in [0.1, 0.15) is 0 Å². The van der Waals surface area contributed by atoms with E-state index in [4.69, 9.17) is 16.1 Å². The lowest BCUT2D eigenvalue weighted by molar-refractivity contribution is 0.0650. The second-order valence-corrected chi connectivity index (χ2v) is 2.86. The number of ether oxygens (including phenoxy) is 1. The first kappa shape index (κ1) is 15.3. The zero-order valence-corrected chi connectivity index (χ0v) is 8.49. The standard InChI is InChI=1S/C4H12N2.C4H10O3/c1-4(2)3-6-5;5-1-3-7-4-2-6/h4,6H,3,5H2,1-2H3;5-6H,1-4H2. The van der Waals surface area contributed by atoms with Crippen LogP contribution in [-0.2, 0) is 4.74 Å². The summed E-state index contributed by atoms with van der Waals surface area (Å²) in [5.41, 5.74) is 2.57. The van der Waals surface area contributed by atoms with E-state index in [2.05, 4.69) is 24.0 Å². The number of rotatable bonds is 6. The van der Waals surface area contributed by atoms with Crippen molar-refractivity contribution in [3.05, 3.63) is 0 Å². The predicted molar refractivity (Wildman–Crippen MR) is 52.0 cm³/mol. The highest BCUT2D eigenvalue weighted by molar-refractivity contribution is 4.41. The summed E-state index contributed by atoms with van der Waals surface area (Å²) in [7, 11) is 0. The van der Waals surface area contributed by atoms with Crippen molar-refractivity contribution in [3.8, 4) is 0 Å². The molecular weight excluding hydrogens is 172 g/mol. The lowest BCUT2D eigenvalue weighted by Crippen LogP contribution is -2.26. The summed E-state index contributed by atoms with van der Waals surface area (Å²) in [4.78, 5) is 0. The van der Waals surface area contributed by atoms with E-state index in [0.29, 0.717) is 19.1 Å². The van der Waals surface area contributed by atoms with Crippen LogP contribution < -0.4 is 11.3 Å². The van der Waals surface area contributed by atoms with Crippen molar-refractivity contribution < 1.29 is 14.9 Å². The molecule has 0 radical (unpaired) electrons. The molecular formula is C8H22N2O3. The van der Waals surface area contributed by atoms with Gasteiger partial charge in [-0.2, -0.15) is 0 Å². The number of nitrogens with two attached hydrogens (primary N) is 1. The molecule has 13 heavy (non-hydrogen) atoms. The first-order chi connectivity index (χ1) is 6.18. The fraction of sp³-hybridized carbons (Fsp3) is 1.00.